The van der Waals surface area contributed by atoms with Crippen molar-refractivity contribution in [3.05, 3.63) is 30.0 Å². The maximum Gasteiger partial charge on any atom is 0.134 e. The van der Waals surface area contributed by atoms with E-state index in [-0.39, 0.29) is 6.61 Å². The summed E-state index contributed by atoms with van der Waals surface area (Å²) in [4.78, 5) is 4.36. The number of aromatic nitrogens is 1. The van der Waals surface area contributed by atoms with Gasteiger partial charge in [0, 0.05) is 22.7 Å². The molecule has 0 bridgehead atoms. The van der Waals surface area contributed by atoms with Crippen LogP contribution in [0.5, 0.6) is 0 Å². The lowest BCUT2D eigenvalue weighted by Crippen LogP contribution is -2.35. The van der Waals surface area contributed by atoms with Gasteiger partial charge in [0.15, 0.2) is 0 Å². The van der Waals surface area contributed by atoms with Crippen LogP contribution in [0.25, 0.3) is 10.8 Å². The first-order valence-electron chi connectivity index (χ1n) is 5.97. The normalized spacial score (nSPS) is 11.8. The maximum absolute atomic E-state index is 9.34. The van der Waals surface area contributed by atoms with E-state index in [1.54, 1.807) is 6.20 Å². The molecule has 2 rings (SSSR count). The summed E-state index contributed by atoms with van der Waals surface area (Å²) in [7, 11) is 0. The van der Waals surface area contributed by atoms with Crippen LogP contribution in [0, 0.1) is 6.92 Å². The molecule has 4 heteroatoms. The molecular weight excluding hydrogens is 226 g/mol. The summed E-state index contributed by atoms with van der Waals surface area (Å²) in [5.41, 5.74) is 7.42. The standard InChI is InChI=1S/C14H19N3O/c1-9-4-5-11(15)10-6-7-16-13(12(9)10)17-14(2,3)8-18/h4-7,18H,8,15H2,1-3H3,(H,16,17). The molecule has 0 unspecified atom stereocenters. The van der Waals surface area contributed by atoms with Gasteiger partial charge in [0.1, 0.15) is 5.82 Å². The average molecular weight is 245 g/mol. The lowest BCUT2D eigenvalue weighted by atomic mass is 10.0. The van der Waals surface area contributed by atoms with E-state index in [0.29, 0.717) is 0 Å². The van der Waals surface area contributed by atoms with Gasteiger partial charge in [0.25, 0.3) is 0 Å². The quantitative estimate of drug-likeness (QED) is 0.726. The van der Waals surface area contributed by atoms with E-state index in [1.807, 2.05) is 39.0 Å². The zero-order valence-corrected chi connectivity index (χ0v) is 11.0. The minimum absolute atomic E-state index is 0.0342. The molecule has 18 heavy (non-hydrogen) atoms. The number of fused-ring (bicyclic) bond motifs is 1. The van der Waals surface area contributed by atoms with Crippen molar-refractivity contribution in [2.75, 3.05) is 17.7 Å². The Hall–Kier alpha value is -1.81. The fourth-order valence-electron chi connectivity index (χ4n) is 1.94. The van der Waals surface area contributed by atoms with Crippen LogP contribution in [0.4, 0.5) is 11.5 Å². The number of nitrogens with zero attached hydrogens (tertiary/aromatic N) is 1. The smallest absolute Gasteiger partial charge is 0.134 e. The number of nitrogens with two attached hydrogens (primary N) is 1. The lowest BCUT2D eigenvalue weighted by Gasteiger charge is -2.25. The zero-order chi connectivity index (χ0) is 13.3. The van der Waals surface area contributed by atoms with Gasteiger partial charge in [0.05, 0.1) is 12.1 Å². The van der Waals surface area contributed by atoms with Gasteiger partial charge in [-0.2, -0.15) is 0 Å². The molecule has 0 radical (unpaired) electrons. The molecule has 1 aromatic heterocycles. The number of aryl methyl sites for hydroxylation is 1. The second-order valence-electron chi connectivity index (χ2n) is 5.22. The molecule has 96 valence electrons. The second kappa shape index (κ2) is 4.46. The molecule has 0 aliphatic heterocycles. The number of nitrogens with one attached hydrogen (secondary N) is 1. The monoisotopic (exact) mass is 245 g/mol. The minimum Gasteiger partial charge on any atom is -0.398 e. The third-order valence-corrected chi connectivity index (χ3v) is 3.02. The first-order valence-corrected chi connectivity index (χ1v) is 5.97. The van der Waals surface area contributed by atoms with E-state index < -0.39 is 5.54 Å². The Bertz CT molecular complexity index is 579. The maximum atomic E-state index is 9.34. The van der Waals surface area contributed by atoms with Crippen molar-refractivity contribution in [3.8, 4) is 0 Å². The SMILES string of the molecule is Cc1ccc(N)c2ccnc(NC(C)(C)CO)c12. The fraction of sp³-hybridized carbons (Fsp3) is 0.357. The van der Waals surface area contributed by atoms with Crippen LogP contribution in [0.1, 0.15) is 19.4 Å². The molecule has 0 saturated heterocycles. The molecule has 0 aliphatic carbocycles. The lowest BCUT2D eigenvalue weighted by molar-refractivity contribution is 0.234. The highest BCUT2D eigenvalue weighted by molar-refractivity contribution is 6.01. The van der Waals surface area contributed by atoms with Crippen molar-refractivity contribution in [2.24, 2.45) is 0 Å². The summed E-state index contributed by atoms with van der Waals surface area (Å²) in [6.45, 7) is 5.91. The molecule has 0 saturated carbocycles. The fourth-order valence-corrected chi connectivity index (χ4v) is 1.94. The zero-order valence-electron chi connectivity index (χ0n) is 11.0. The Kier molecular flexibility index (Phi) is 3.13. The molecule has 0 spiro atoms. The van der Waals surface area contributed by atoms with E-state index in [0.717, 1.165) is 27.8 Å². The first-order chi connectivity index (χ1) is 8.44. The summed E-state index contributed by atoms with van der Waals surface area (Å²) < 4.78 is 0. The van der Waals surface area contributed by atoms with Crippen molar-refractivity contribution in [3.63, 3.8) is 0 Å². The van der Waals surface area contributed by atoms with E-state index in [1.165, 1.54) is 0 Å². The van der Waals surface area contributed by atoms with Crippen molar-refractivity contribution in [1.82, 2.24) is 4.98 Å². The van der Waals surface area contributed by atoms with E-state index in [9.17, 15) is 5.11 Å². The number of rotatable bonds is 3. The van der Waals surface area contributed by atoms with Crippen LogP contribution in [-0.4, -0.2) is 22.2 Å². The van der Waals surface area contributed by atoms with E-state index in [4.69, 9.17) is 5.73 Å². The Balaban J connectivity index is 2.62. The number of aliphatic hydroxyl groups excluding tert-OH is 1. The Morgan fingerprint density at radius 2 is 2.06 bits per heavy atom. The van der Waals surface area contributed by atoms with Gasteiger partial charge in [-0.3, -0.25) is 0 Å². The van der Waals surface area contributed by atoms with Gasteiger partial charge in [-0.15, -0.1) is 0 Å². The highest BCUT2D eigenvalue weighted by atomic mass is 16.3. The molecule has 0 atom stereocenters. The number of nitrogen functional groups attached to an aromatic ring is 1. The second-order valence-corrected chi connectivity index (χ2v) is 5.22. The Morgan fingerprint density at radius 3 is 2.72 bits per heavy atom. The van der Waals surface area contributed by atoms with Crippen LogP contribution in [-0.2, 0) is 0 Å². The first kappa shape index (κ1) is 12.6. The van der Waals surface area contributed by atoms with Gasteiger partial charge >= 0.3 is 0 Å². The Morgan fingerprint density at radius 1 is 1.33 bits per heavy atom. The summed E-state index contributed by atoms with van der Waals surface area (Å²) in [5.74, 6) is 0.761. The van der Waals surface area contributed by atoms with Gasteiger partial charge in [-0.25, -0.2) is 4.98 Å². The predicted octanol–water partition coefficient (Wildman–Crippen LogP) is 2.31. The number of pyridine rings is 1. The number of anilines is 2. The molecule has 0 aliphatic rings. The summed E-state index contributed by atoms with van der Waals surface area (Å²) in [5, 5.41) is 14.6. The van der Waals surface area contributed by atoms with Gasteiger partial charge in [0.2, 0.25) is 0 Å². The van der Waals surface area contributed by atoms with Crippen LogP contribution >= 0.6 is 0 Å². The van der Waals surface area contributed by atoms with E-state index >= 15 is 0 Å². The molecule has 4 nitrogen and oxygen atoms in total. The van der Waals surface area contributed by atoms with Crippen molar-refractivity contribution in [1.29, 1.82) is 0 Å². The third-order valence-electron chi connectivity index (χ3n) is 3.02. The van der Waals surface area contributed by atoms with Gasteiger partial charge in [-0.05, 0) is 38.5 Å². The van der Waals surface area contributed by atoms with Crippen LogP contribution in [0.15, 0.2) is 24.4 Å². The summed E-state index contributed by atoms with van der Waals surface area (Å²) in [6.07, 6.45) is 1.73. The van der Waals surface area contributed by atoms with Crippen LogP contribution in [0.3, 0.4) is 0 Å². The molecule has 1 aromatic carbocycles. The third kappa shape index (κ3) is 2.24. The molecular formula is C14H19N3O. The van der Waals surface area contributed by atoms with Crippen molar-refractivity contribution in [2.45, 2.75) is 26.3 Å². The molecule has 0 fully saturated rings. The van der Waals surface area contributed by atoms with Crippen LogP contribution in [0.2, 0.25) is 0 Å². The predicted molar refractivity (Wildman–Crippen MR) is 75.7 cm³/mol. The van der Waals surface area contributed by atoms with Gasteiger partial charge in [-0.1, -0.05) is 6.07 Å². The average Bonchev–Trinajstić information content (AvgIpc) is 2.34. The molecule has 1 heterocycles. The van der Waals surface area contributed by atoms with Crippen molar-refractivity contribution >= 4 is 22.3 Å². The largest absolute Gasteiger partial charge is 0.398 e. The molecule has 4 N–H and O–H groups in total. The number of benzene rings is 1. The summed E-state index contributed by atoms with van der Waals surface area (Å²) >= 11 is 0. The Labute approximate surface area is 107 Å². The molecule has 0 amide bonds. The minimum atomic E-state index is -0.418. The number of hydrogen-bond acceptors (Lipinski definition) is 4. The van der Waals surface area contributed by atoms with E-state index in [2.05, 4.69) is 10.3 Å². The number of aliphatic hydroxyl groups is 1. The molecule has 2 aromatic rings. The highest BCUT2D eigenvalue weighted by Crippen LogP contribution is 2.30. The number of hydrogen-bond donors (Lipinski definition) is 3. The topological polar surface area (TPSA) is 71.2 Å². The van der Waals surface area contributed by atoms with Crippen LogP contribution < -0.4 is 11.1 Å². The highest BCUT2D eigenvalue weighted by Gasteiger charge is 2.18. The summed E-state index contributed by atoms with van der Waals surface area (Å²) in [6, 6.07) is 5.80. The van der Waals surface area contributed by atoms with Crippen molar-refractivity contribution < 1.29 is 5.11 Å². The van der Waals surface area contributed by atoms with Gasteiger partial charge < -0.3 is 16.2 Å².